The fraction of sp³-hybridized carbons (Fsp3) is 0.542. The zero-order valence-corrected chi connectivity index (χ0v) is 18.4. The lowest BCUT2D eigenvalue weighted by Crippen LogP contribution is -2.35. The van der Waals surface area contributed by atoms with Crippen molar-refractivity contribution < 1.29 is 14.2 Å². The molecule has 3 aliphatic rings. The molecule has 0 spiro atoms. The van der Waals surface area contributed by atoms with Crippen molar-refractivity contribution in [2.24, 2.45) is 10.4 Å². The minimum absolute atomic E-state index is 0.0502. The number of nitrogens with one attached hydrogen (secondary N) is 1. The van der Waals surface area contributed by atoms with Gasteiger partial charge in [-0.1, -0.05) is 33.4 Å². The zero-order chi connectivity index (χ0) is 21.1. The normalized spacial score (nSPS) is 21.4. The summed E-state index contributed by atoms with van der Waals surface area (Å²) in [5.41, 5.74) is 5.13. The SMILES string of the molecule is C=C1N=C(OCC2COCCO2)C=C2c3ccc(NCC(C)(C)CC)cc3CCN12. The largest absolute Gasteiger partial charge is 0.475 e. The highest BCUT2D eigenvalue weighted by atomic mass is 16.6. The second-order valence-corrected chi connectivity index (χ2v) is 8.92. The van der Waals surface area contributed by atoms with E-state index in [1.807, 2.05) is 6.08 Å². The molecule has 1 aromatic carbocycles. The number of hydrogen-bond donors (Lipinski definition) is 1. The summed E-state index contributed by atoms with van der Waals surface area (Å²) in [4.78, 5) is 6.72. The van der Waals surface area contributed by atoms with Gasteiger partial charge in [-0.05, 0) is 36.0 Å². The molecular formula is C24H33N3O3. The van der Waals surface area contributed by atoms with Crippen molar-refractivity contribution in [3.63, 3.8) is 0 Å². The van der Waals surface area contributed by atoms with Crippen LogP contribution in [-0.4, -0.2) is 56.4 Å². The first-order valence-corrected chi connectivity index (χ1v) is 10.9. The zero-order valence-electron chi connectivity index (χ0n) is 18.4. The maximum Gasteiger partial charge on any atom is 0.217 e. The molecule has 0 saturated carbocycles. The molecule has 1 fully saturated rings. The average molecular weight is 412 g/mol. The first-order chi connectivity index (χ1) is 14.4. The fourth-order valence-electron chi connectivity index (χ4n) is 3.77. The van der Waals surface area contributed by atoms with Crippen LogP contribution in [0.1, 0.15) is 38.3 Å². The van der Waals surface area contributed by atoms with Gasteiger partial charge < -0.3 is 24.4 Å². The monoisotopic (exact) mass is 411 g/mol. The standard InChI is InChI=1S/C24H33N3O3/c1-5-24(3,4)16-25-19-6-7-21-18(12-19)8-9-27-17(2)26-23(13-22(21)27)30-15-20-14-28-10-11-29-20/h6-7,12-13,20,25H,2,5,8-11,14-16H2,1,3-4H3. The summed E-state index contributed by atoms with van der Waals surface area (Å²) in [5, 5.41) is 3.61. The van der Waals surface area contributed by atoms with E-state index in [0.29, 0.717) is 32.3 Å². The van der Waals surface area contributed by atoms with E-state index in [-0.39, 0.29) is 11.5 Å². The molecule has 30 heavy (non-hydrogen) atoms. The Labute approximate surface area is 179 Å². The van der Waals surface area contributed by atoms with Crippen LogP contribution >= 0.6 is 0 Å². The number of hydrogen-bond acceptors (Lipinski definition) is 6. The van der Waals surface area contributed by atoms with Crippen molar-refractivity contribution >= 4 is 17.3 Å². The molecule has 0 radical (unpaired) electrons. The molecule has 4 rings (SSSR count). The lowest BCUT2D eigenvalue weighted by atomic mass is 9.90. The summed E-state index contributed by atoms with van der Waals surface area (Å²) in [6.45, 7) is 15.1. The molecule has 6 nitrogen and oxygen atoms in total. The molecule has 3 aliphatic heterocycles. The summed E-state index contributed by atoms with van der Waals surface area (Å²) in [6, 6.07) is 6.64. The third-order valence-corrected chi connectivity index (χ3v) is 6.12. The lowest BCUT2D eigenvalue weighted by molar-refractivity contribution is -0.103. The van der Waals surface area contributed by atoms with Crippen LogP contribution in [0.2, 0.25) is 0 Å². The Bertz CT molecular complexity index is 853. The van der Waals surface area contributed by atoms with Crippen LogP contribution in [0, 0.1) is 5.41 Å². The van der Waals surface area contributed by atoms with Crippen molar-refractivity contribution in [2.45, 2.75) is 39.7 Å². The highest BCUT2D eigenvalue weighted by molar-refractivity contribution is 5.98. The van der Waals surface area contributed by atoms with E-state index in [1.54, 1.807) is 0 Å². The number of rotatable bonds is 6. The summed E-state index contributed by atoms with van der Waals surface area (Å²) >= 11 is 0. The molecule has 0 aliphatic carbocycles. The highest BCUT2D eigenvalue weighted by Crippen LogP contribution is 2.35. The first-order valence-electron chi connectivity index (χ1n) is 10.9. The van der Waals surface area contributed by atoms with Gasteiger partial charge in [0.1, 0.15) is 18.5 Å². The van der Waals surface area contributed by atoms with Crippen molar-refractivity contribution in [1.29, 1.82) is 0 Å². The van der Waals surface area contributed by atoms with Crippen LogP contribution in [0.15, 0.2) is 41.7 Å². The van der Waals surface area contributed by atoms with Gasteiger partial charge in [-0.2, -0.15) is 4.99 Å². The third-order valence-electron chi connectivity index (χ3n) is 6.12. The third kappa shape index (κ3) is 4.71. The Hall–Kier alpha value is -2.31. The molecule has 1 unspecified atom stereocenters. The average Bonchev–Trinajstić information content (AvgIpc) is 2.76. The van der Waals surface area contributed by atoms with Crippen molar-refractivity contribution in [2.75, 3.05) is 44.8 Å². The molecule has 0 bridgehead atoms. The summed E-state index contributed by atoms with van der Waals surface area (Å²) in [7, 11) is 0. The van der Waals surface area contributed by atoms with E-state index in [1.165, 1.54) is 16.8 Å². The van der Waals surface area contributed by atoms with Crippen LogP contribution in [0.4, 0.5) is 5.69 Å². The van der Waals surface area contributed by atoms with E-state index in [4.69, 9.17) is 14.2 Å². The predicted octanol–water partition coefficient (Wildman–Crippen LogP) is 4.05. The molecular weight excluding hydrogens is 378 g/mol. The van der Waals surface area contributed by atoms with Gasteiger partial charge in [0.25, 0.3) is 0 Å². The van der Waals surface area contributed by atoms with Gasteiger partial charge in [0.2, 0.25) is 5.90 Å². The number of fused-ring (bicyclic) bond motifs is 3. The van der Waals surface area contributed by atoms with Gasteiger partial charge in [0.15, 0.2) is 0 Å². The van der Waals surface area contributed by atoms with E-state index in [9.17, 15) is 0 Å². The molecule has 1 N–H and O–H groups in total. The van der Waals surface area contributed by atoms with E-state index < -0.39 is 0 Å². The van der Waals surface area contributed by atoms with Gasteiger partial charge in [0, 0.05) is 30.4 Å². The maximum absolute atomic E-state index is 5.94. The number of benzene rings is 1. The van der Waals surface area contributed by atoms with Crippen LogP contribution < -0.4 is 5.32 Å². The maximum atomic E-state index is 5.94. The molecule has 0 aromatic heterocycles. The van der Waals surface area contributed by atoms with Crippen LogP contribution in [0.3, 0.4) is 0 Å². The lowest BCUT2D eigenvalue weighted by Gasteiger charge is -2.35. The Kier molecular flexibility index (Phi) is 6.16. The Morgan fingerprint density at radius 1 is 1.33 bits per heavy atom. The van der Waals surface area contributed by atoms with E-state index in [2.05, 4.69) is 60.8 Å². The van der Waals surface area contributed by atoms with Gasteiger partial charge >= 0.3 is 0 Å². The number of ether oxygens (including phenoxy) is 3. The van der Waals surface area contributed by atoms with Gasteiger partial charge in [-0.25, -0.2) is 0 Å². The minimum atomic E-state index is -0.0502. The molecule has 1 aromatic rings. The molecule has 3 heterocycles. The van der Waals surface area contributed by atoms with Gasteiger partial charge in [0.05, 0.1) is 25.5 Å². The summed E-state index contributed by atoms with van der Waals surface area (Å²) in [5.74, 6) is 1.31. The Morgan fingerprint density at radius 2 is 2.20 bits per heavy atom. The first kappa shape index (κ1) is 20.9. The quantitative estimate of drug-likeness (QED) is 0.765. The van der Waals surface area contributed by atoms with Crippen LogP contribution in [-0.2, 0) is 20.6 Å². The molecule has 6 heteroatoms. The van der Waals surface area contributed by atoms with Crippen molar-refractivity contribution in [3.8, 4) is 0 Å². The van der Waals surface area contributed by atoms with Crippen LogP contribution in [0.25, 0.3) is 5.70 Å². The molecule has 0 amide bonds. The smallest absolute Gasteiger partial charge is 0.217 e. The second kappa shape index (κ2) is 8.82. The molecule has 162 valence electrons. The number of anilines is 1. The highest BCUT2D eigenvalue weighted by Gasteiger charge is 2.27. The van der Waals surface area contributed by atoms with Crippen molar-refractivity contribution in [3.05, 3.63) is 47.8 Å². The van der Waals surface area contributed by atoms with Gasteiger partial charge in [-0.15, -0.1) is 0 Å². The van der Waals surface area contributed by atoms with Gasteiger partial charge in [-0.3, -0.25) is 0 Å². The fourth-order valence-corrected chi connectivity index (χ4v) is 3.77. The summed E-state index contributed by atoms with van der Waals surface area (Å²) in [6.07, 6.45) is 4.08. The van der Waals surface area contributed by atoms with E-state index in [0.717, 1.165) is 37.4 Å². The molecule has 1 saturated heterocycles. The molecule has 1 atom stereocenters. The Morgan fingerprint density at radius 3 is 2.97 bits per heavy atom. The predicted molar refractivity (Wildman–Crippen MR) is 120 cm³/mol. The van der Waals surface area contributed by atoms with Crippen molar-refractivity contribution in [1.82, 2.24) is 4.90 Å². The van der Waals surface area contributed by atoms with E-state index >= 15 is 0 Å². The van der Waals surface area contributed by atoms with Crippen LogP contribution in [0.5, 0.6) is 0 Å². The second-order valence-electron chi connectivity index (χ2n) is 8.92. The topological polar surface area (TPSA) is 55.3 Å². The number of aliphatic imine (C=N–C) groups is 1. The minimum Gasteiger partial charge on any atom is -0.475 e. The Balaban J connectivity index is 1.48. The number of nitrogens with zero attached hydrogens (tertiary/aromatic N) is 2. The summed E-state index contributed by atoms with van der Waals surface area (Å²) < 4.78 is 17.0.